The van der Waals surface area contributed by atoms with Gasteiger partial charge in [0, 0.05) is 0 Å². The molecule has 1 N–H and O–H groups in total. The third-order valence-electron chi connectivity index (χ3n) is 1.10. The number of thioether (sulfide) groups is 1. The average molecular weight is 147 g/mol. The fourth-order valence-electron chi connectivity index (χ4n) is 0.281. The van der Waals surface area contributed by atoms with Crippen molar-refractivity contribution in [3.8, 4) is 0 Å². The molecule has 0 bridgehead atoms. The van der Waals surface area contributed by atoms with Gasteiger partial charge in [0.1, 0.15) is 0 Å². The second kappa shape index (κ2) is 4.82. The molecule has 1 unspecified atom stereocenters. The molecule has 2 nitrogen and oxygen atoms in total. The second-order valence-corrected chi connectivity index (χ2v) is 2.65. The van der Waals surface area contributed by atoms with Gasteiger partial charge in [0.25, 0.3) is 0 Å². The molecular formula is C6H13NOS. The van der Waals surface area contributed by atoms with Crippen LogP contribution in [0.3, 0.4) is 0 Å². The van der Waals surface area contributed by atoms with E-state index in [0.29, 0.717) is 0 Å². The lowest BCUT2D eigenvalue weighted by molar-refractivity contribution is 0.172. The van der Waals surface area contributed by atoms with Crippen molar-refractivity contribution in [3.05, 3.63) is 0 Å². The molecule has 0 aromatic carbocycles. The molecule has 0 fully saturated rings. The molecule has 0 aromatic rings. The summed E-state index contributed by atoms with van der Waals surface area (Å²) >= 11 is 1.54. The predicted molar refractivity (Wildman–Crippen MR) is 43.1 cm³/mol. The Kier molecular flexibility index (Phi) is 4.81. The fourth-order valence-corrected chi connectivity index (χ4v) is 0.595. The minimum atomic E-state index is -0.339. The van der Waals surface area contributed by atoms with Crippen LogP contribution in [0.15, 0.2) is 4.99 Å². The zero-order valence-corrected chi connectivity index (χ0v) is 6.85. The number of aliphatic imine (C=N–C) groups is 1. The summed E-state index contributed by atoms with van der Waals surface area (Å²) < 4.78 is 0. The van der Waals surface area contributed by atoms with Crippen LogP contribution in [-0.2, 0) is 0 Å². The Morgan fingerprint density at radius 2 is 2.11 bits per heavy atom. The maximum Gasteiger partial charge on any atom is 0.0733 e. The van der Waals surface area contributed by atoms with Crippen LogP contribution in [-0.4, -0.2) is 29.1 Å². The zero-order valence-electron chi connectivity index (χ0n) is 6.03. The molecule has 0 aliphatic heterocycles. The van der Waals surface area contributed by atoms with Gasteiger partial charge in [0.2, 0.25) is 0 Å². The largest absolute Gasteiger partial charge is 0.391 e. The van der Waals surface area contributed by atoms with Crippen LogP contribution < -0.4 is 0 Å². The molecule has 0 aromatic heterocycles. The number of aliphatic hydroxyl groups excluding tert-OH is 1. The van der Waals surface area contributed by atoms with Crippen molar-refractivity contribution in [2.45, 2.75) is 26.0 Å². The van der Waals surface area contributed by atoms with Gasteiger partial charge in [-0.2, -0.15) is 0 Å². The Balaban J connectivity index is 3.48. The summed E-state index contributed by atoms with van der Waals surface area (Å²) in [4.78, 5) is 4.03. The molecule has 2 atom stereocenters. The topological polar surface area (TPSA) is 32.6 Å². The summed E-state index contributed by atoms with van der Waals surface area (Å²) in [6, 6.07) is 0.0254. The normalized spacial score (nSPS) is 18.2. The van der Waals surface area contributed by atoms with E-state index in [1.54, 1.807) is 24.2 Å². The maximum atomic E-state index is 8.92. The summed E-state index contributed by atoms with van der Waals surface area (Å²) in [6.45, 7) is 3.62. The lowest BCUT2D eigenvalue weighted by Crippen LogP contribution is -2.16. The Labute approximate surface area is 60.4 Å². The van der Waals surface area contributed by atoms with E-state index in [0.717, 1.165) is 0 Å². The summed E-state index contributed by atoms with van der Waals surface area (Å²) in [7, 11) is 0. The number of nitrogens with zero attached hydrogens (tertiary/aromatic N) is 1. The summed E-state index contributed by atoms with van der Waals surface area (Å²) in [5.74, 6) is 0. The van der Waals surface area contributed by atoms with Crippen LogP contribution in [0.5, 0.6) is 0 Å². The van der Waals surface area contributed by atoms with Crippen LogP contribution in [0.2, 0.25) is 0 Å². The van der Waals surface area contributed by atoms with E-state index in [-0.39, 0.29) is 12.1 Å². The van der Waals surface area contributed by atoms with E-state index >= 15 is 0 Å². The van der Waals surface area contributed by atoms with E-state index in [9.17, 15) is 0 Å². The van der Waals surface area contributed by atoms with Gasteiger partial charge < -0.3 is 5.11 Å². The molecule has 0 radical (unpaired) electrons. The van der Waals surface area contributed by atoms with Crippen molar-refractivity contribution < 1.29 is 5.11 Å². The lowest BCUT2D eigenvalue weighted by Gasteiger charge is -2.07. The highest BCUT2D eigenvalue weighted by Crippen LogP contribution is 1.97. The first-order valence-electron chi connectivity index (χ1n) is 2.91. The van der Waals surface area contributed by atoms with E-state index in [4.69, 9.17) is 5.11 Å². The third-order valence-corrected chi connectivity index (χ3v) is 1.43. The van der Waals surface area contributed by atoms with Crippen LogP contribution in [0.25, 0.3) is 0 Å². The van der Waals surface area contributed by atoms with E-state index in [1.165, 1.54) is 0 Å². The number of rotatable bonds is 3. The number of hydrogen-bond donors (Lipinski definition) is 1. The molecule has 0 saturated carbocycles. The van der Waals surface area contributed by atoms with Crippen LogP contribution in [0.4, 0.5) is 0 Å². The molecule has 0 rings (SSSR count). The monoisotopic (exact) mass is 147 g/mol. The van der Waals surface area contributed by atoms with Gasteiger partial charge in [-0.15, -0.1) is 11.8 Å². The highest BCUT2D eigenvalue weighted by molar-refractivity contribution is 8.11. The number of aliphatic hydroxyl groups is 1. The van der Waals surface area contributed by atoms with Gasteiger partial charge in [-0.25, -0.2) is 0 Å². The van der Waals surface area contributed by atoms with E-state index in [1.807, 2.05) is 13.2 Å². The van der Waals surface area contributed by atoms with Gasteiger partial charge in [0.15, 0.2) is 0 Å². The molecule has 0 heterocycles. The molecule has 3 heteroatoms. The SMILES string of the molecule is CSC=N[C@H](C)C(C)O. The van der Waals surface area contributed by atoms with Gasteiger partial charge >= 0.3 is 0 Å². The van der Waals surface area contributed by atoms with Gasteiger partial charge in [-0.3, -0.25) is 4.99 Å². The quantitative estimate of drug-likeness (QED) is 0.479. The second-order valence-electron chi connectivity index (χ2n) is 1.97. The highest BCUT2D eigenvalue weighted by Gasteiger charge is 2.03. The fraction of sp³-hybridized carbons (Fsp3) is 0.833. The molecule has 9 heavy (non-hydrogen) atoms. The van der Waals surface area contributed by atoms with Crippen molar-refractivity contribution in [2.75, 3.05) is 6.26 Å². The first kappa shape index (κ1) is 8.98. The highest BCUT2D eigenvalue weighted by atomic mass is 32.2. The van der Waals surface area contributed by atoms with Crippen molar-refractivity contribution >= 4 is 17.3 Å². The zero-order chi connectivity index (χ0) is 7.28. The molecular weight excluding hydrogens is 134 g/mol. The Bertz CT molecular complexity index is 93.1. The van der Waals surface area contributed by atoms with Gasteiger partial charge in [0.05, 0.1) is 17.7 Å². The molecule has 0 amide bonds. The number of hydrogen-bond acceptors (Lipinski definition) is 3. The average Bonchev–Trinajstić information content (AvgIpc) is 1.82. The Morgan fingerprint density at radius 1 is 1.56 bits per heavy atom. The van der Waals surface area contributed by atoms with Crippen molar-refractivity contribution in [1.82, 2.24) is 0 Å². The smallest absolute Gasteiger partial charge is 0.0733 e. The van der Waals surface area contributed by atoms with Crippen molar-refractivity contribution in [1.29, 1.82) is 0 Å². The third kappa shape index (κ3) is 4.48. The Morgan fingerprint density at radius 3 is 2.44 bits per heavy atom. The minimum absolute atomic E-state index is 0.0254. The van der Waals surface area contributed by atoms with Gasteiger partial charge in [-0.05, 0) is 20.1 Å². The summed E-state index contributed by atoms with van der Waals surface area (Å²) in [6.07, 6.45) is 1.60. The van der Waals surface area contributed by atoms with E-state index in [2.05, 4.69) is 4.99 Å². The maximum absolute atomic E-state index is 8.92. The molecule has 0 saturated heterocycles. The molecule has 54 valence electrons. The van der Waals surface area contributed by atoms with Gasteiger partial charge in [-0.1, -0.05) is 0 Å². The van der Waals surface area contributed by atoms with Crippen LogP contribution >= 0.6 is 11.8 Å². The minimum Gasteiger partial charge on any atom is -0.391 e. The van der Waals surface area contributed by atoms with Crippen molar-refractivity contribution in [2.24, 2.45) is 4.99 Å². The summed E-state index contributed by atoms with van der Waals surface area (Å²) in [5, 5.41) is 8.92. The van der Waals surface area contributed by atoms with Crippen LogP contribution in [0.1, 0.15) is 13.8 Å². The Hall–Kier alpha value is -0.0200. The predicted octanol–water partition coefficient (Wildman–Crippen LogP) is 1.15. The first-order chi connectivity index (χ1) is 4.18. The first-order valence-corrected chi connectivity index (χ1v) is 4.19. The molecule has 0 aliphatic rings. The van der Waals surface area contributed by atoms with E-state index < -0.39 is 0 Å². The molecule has 0 spiro atoms. The molecule has 0 aliphatic carbocycles. The summed E-state index contributed by atoms with van der Waals surface area (Å²) in [5.41, 5.74) is 1.75. The standard InChI is InChI=1S/C6H13NOS/c1-5(6(2)8)7-4-9-3/h4-6,8H,1-3H3/t5-,6?/m1/s1. The van der Waals surface area contributed by atoms with Crippen molar-refractivity contribution in [3.63, 3.8) is 0 Å². The van der Waals surface area contributed by atoms with Crippen LogP contribution in [0, 0.1) is 0 Å². The lowest BCUT2D eigenvalue weighted by atomic mass is 10.2.